The molecule has 21 heavy (non-hydrogen) atoms. The van der Waals surface area contributed by atoms with Gasteiger partial charge in [-0.25, -0.2) is 8.42 Å². The van der Waals surface area contributed by atoms with Gasteiger partial charge in [-0.3, -0.25) is 0 Å². The van der Waals surface area contributed by atoms with Gasteiger partial charge in [-0.1, -0.05) is 30.3 Å². The second-order valence-corrected chi connectivity index (χ2v) is 7.27. The molecule has 0 atom stereocenters. The van der Waals surface area contributed by atoms with E-state index in [-0.39, 0.29) is 17.4 Å². The first-order valence-corrected chi connectivity index (χ1v) is 9.03. The molecule has 3 nitrogen and oxygen atoms in total. The Kier molecular flexibility index (Phi) is 5.65. The summed E-state index contributed by atoms with van der Waals surface area (Å²) < 4.78 is 23.8. The van der Waals surface area contributed by atoms with E-state index in [2.05, 4.69) is 6.07 Å². The summed E-state index contributed by atoms with van der Waals surface area (Å²) in [5.41, 5.74) is 1.88. The van der Waals surface area contributed by atoms with E-state index in [1.165, 1.54) is 0 Å². The summed E-state index contributed by atoms with van der Waals surface area (Å²) in [6.07, 6.45) is 0. The SMILES string of the molecule is O=S(=O)(CCCl)CCN(c1c[c]ccc1)c1ccccc1. The Labute approximate surface area is 131 Å². The molecule has 5 heteroatoms. The molecule has 0 aliphatic heterocycles. The van der Waals surface area contributed by atoms with Gasteiger partial charge in [0.2, 0.25) is 0 Å². The molecule has 2 rings (SSSR count). The minimum atomic E-state index is -3.13. The van der Waals surface area contributed by atoms with Gasteiger partial charge >= 0.3 is 0 Å². The maximum atomic E-state index is 11.9. The van der Waals surface area contributed by atoms with Crippen LogP contribution in [0.2, 0.25) is 0 Å². The predicted octanol–water partition coefficient (Wildman–Crippen LogP) is 3.28. The van der Waals surface area contributed by atoms with Gasteiger partial charge in [0, 0.05) is 23.8 Å². The summed E-state index contributed by atoms with van der Waals surface area (Å²) in [5, 5.41) is 0. The first kappa shape index (κ1) is 15.9. The van der Waals surface area contributed by atoms with Gasteiger partial charge in [0.1, 0.15) is 0 Å². The minimum absolute atomic E-state index is 0.0120. The number of halogens is 1. The van der Waals surface area contributed by atoms with Crippen molar-refractivity contribution in [1.82, 2.24) is 0 Å². The highest BCUT2D eigenvalue weighted by atomic mass is 35.5. The molecule has 2 aromatic rings. The summed E-state index contributed by atoms with van der Waals surface area (Å²) in [7, 11) is -3.13. The van der Waals surface area contributed by atoms with Crippen LogP contribution in [0.25, 0.3) is 0 Å². The number of alkyl halides is 1. The van der Waals surface area contributed by atoms with Crippen LogP contribution in [0.3, 0.4) is 0 Å². The van der Waals surface area contributed by atoms with Gasteiger partial charge in [-0.05, 0) is 30.3 Å². The molecule has 0 aliphatic carbocycles. The van der Waals surface area contributed by atoms with Crippen molar-refractivity contribution in [2.75, 3.05) is 28.8 Å². The Morgan fingerprint density at radius 2 is 1.71 bits per heavy atom. The normalized spacial score (nSPS) is 11.3. The Bertz CT molecular complexity index is 605. The van der Waals surface area contributed by atoms with Gasteiger partial charge in [0.05, 0.1) is 11.5 Å². The van der Waals surface area contributed by atoms with Crippen molar-refractivity contribution in [3.63, 3.8) is 0 Å². The molecule has 2 aromatic carbocycles. The summed E-state index contributed by atoms with van der Waals surface area (Å²) in [4.78, 5) is 1.97. The Morgan fingerprint density at radius 1 is 1.00 bits per heavy atom. The number of sulfone groups is 1. The van der Waals surface area contributed by atoms with Crippen LogP contribution in [0.15, 0.2) is 54.6 Å². The second kappa shape index (κ2) is 7.48. The number of hydrogen-bond donors (Lipinski definition) is 0. The largest absolute Gasteiger partial charge is 0.340 e. The van der Waals surface area contributed by atoms with Crippen LogP contribution in [-0.2, 0) is 9.84 Å². The molecule has 0 aliphatic rings. The maximum Gasteiger partial charge on any atom is 0.153 e. The van der Waals surface area contributed by atoms with Crippen LogP contribution in [0.4, 0.5) is 11.4 Å². The second-order valence-electron chi connectivity index (χ2n) is 4.59. The molecule has 0 heterocycles. The van der Waals surface area contributed by atoms with Gasteiger partial charge in [0.25, 0.3) is 0 Å². The average Bonchev–Trinajstić information content (AvgIpc) is 2.49. The molecule has 0 saturated heterocycles. The van der Waals surface area contributed by atoms with E-state index in [9.17, 15) is 8.42 Å². The third kappa shape index (κ3) is 4.76. The van der Waals surface area contributed by atoms with Crippen LogP contribution in [0.1, 0.15) is 0 Å². The van der Waals surface area contributed by atoms with E-state index < -0.39 is 9.84 Å². The van der Waals surface area contributed by atoms with Crippen molar-refractivity contribution in [3.8, 4) is 0 Å². The molecule has 0 saturated carbocycles. The highest BCUT2D eigenvalue weighted by molar-refractivity contribution is 7.91. The Balaban J connectivity index is 2.22. The number of anilines is 2. The molecule has 0 amide bonds. The molecule has 0 bridgehead atoms. The van der Waals surface area contributed by atoms with Crippen molar-refractivity contribution >= 4 is 32.8 Å². The van der Waals surface area contributed by atoms with Crippen LogP contribution >= 0.6 is 11.6 Å². The van der Waals surface area contributed by atoms with Crippen molar-refractivity contribution < 1.29 is 8.42 Å². The summed E-state index contributed by atoms with van der Waals surface area (Å²) in [6.45, 7) is 0.390. The topological polar surface area (TPSA) is 37.4 Å². The lowest BCUT2D eigenvalue weighted by Gasteiger charge is -2.24. The average molecular weight is 323 g/mol. The highest BCUT2D eigenvalue weighted by Gasteiger charge is 2.15. The lowest BCUT2D eigenvalue weighted by atomic mass is 10.2. The van der Waals surface area contributed by atoms with E-state index in [1.54, 1.807) is 0 Å². The van der Waals surface area contributed by atoms with Crippen LogP contribution in [0.5, 0.6) is 0 Å². The zero-order chi connectivity index (χ0) is 15.1. The van der Waals surface area contributed by atoms with Gasteiger partial charge in [-0.15, -0.1) is 11.6 Å². The van der Waals surface area contributed by atoms with Gasteiger partial charge in [-0.2, -0.15) is 0 Å². The van der Waals surface area contributed by atoms with Crippen molar-refractivity contribution in [1.29, 1.82) is 0 Å². The number of rotatable bonds is 7. The fraction of sp³-hybridized carbons (Fsp3) is 0.250. The quantitative estimate of drug-likeness (QED) is 0.734. The molecule has 0 aromatic heterocycles. The zero-order valence-corrected chi connectivity index (χ0v) is 13.1. The lowest BCUT2D eigenvalue weighted by Crippen LogP contribution is -2.26. The van der Waals surface area contributed by atoms with Crippen LogP contribution in [-0.4, -0.2) is 32.3 Å². The molecular weight excluding hydrogens is 306 g/mol. The predicted molar refractivity (Wildman–Crippen MR) is 88.1 cm³/mol. The van der Waals surface area contributed by atoms with E-state index in [4.69, 9.17) is 11.6 Å². The fourth-order valence-corrected chi connectivity index (χ4v) is 3.62. The maximum absolute atomic E-state index is 11.9. The van der Waals surface area contributed by atoms with Crippen molar-refractivity contribution in [2.45, 2.75) is 0 Å². The molecule has 0 unspecified atom stereocenters. The molecule has 111 valence electrons. The number of hydrogen-bond acceptors (Lipinski definition) is 3. The summed E-state index contributed by atoms with van der Waals surface area (Å²) >= 11 is 5.54. The lowest BCUT2D eigenvalue weighted by molar-refractivity contribution is 0.597. The van der Waals surface area contributed by atoms with Crippen molar-refractivity contribution in [2.24, 2.45) is 0 Å². The molecule has 0 N–H and O–H groups in total. The van der Waals surface area contributed by atoms with E-state index in [0.717, 1.165) is 11.4 Å². The standard InChI is InChI=1S/C16H17ClNO2S/c17-11-13-21(19,20)14-12-18(15-7-3-1-4-8-15)16-9-5-2-6-10-16/h1-5,7-10H,11-14H2. The van der Waals surface area contributed by atoms with Crippen molar-refractivity contribution in [3.05, 3.63) is 60.7 Å². The van der Waals surface area contributed by atoms with Crippen LogP contribution in [0, 0.1) is 6.07 Å². The number of benzene rings is 2. The van der Waals surface area contributed by atoms with E-state index in [1.807, 2.05) is 59.5 Å². The molecule has 0 spiro atoms. The first-order valence-electron chi connectivity index (χ1n) is 6.67. The first-order chi connectivity index (χ1) is 10.1. The Hall–Kier alpha value is -1.52. The molecular formula is C16H17ClNO2S. The minimum Gasteiger partial charge on any atom is -0.340 e. The van der Waals surface area contributed by atoms with Gasteiger partial charge in [0.15, 0.2) is 9.84 Å². The molecule has 1 radical (unpaired) electrons. The fourth-order valence-electron chi connectivity index (χ4n) is 2.02. The smallest absolute Gasteiger partial charge is 0.153 e. The van der Waals surface area contributed by atoms with Crippen LogP contribution < -0.4 is 4.90 Å². The Morgan fingerprint density at radius 3 is 2.33 bits per heavy atom. The number of para-hydroxylation sites is 1. The summed E-state index contributed by atoms with van der Waals surface area (Å²) in [6, 6.07) is 20.2. The summed E-state index contributed by atoms with van der Waals surface area (Å²) in [5.74, 6) is 0.217. The highest BCUT2D eigenvalue weighted by Crippen LogP contribution is 2.24. The van der Waals surface area contributed by atoms with E-state index >= 15 is 0 Å². The third-order valence-corrected chi connectivity index (χ3v) is 5.13. The van der Waals surface area contributed by atoms with E-state index in [0.29, 0.717) is 6.54 Å². The number of nitrogens with zero attached hydrogens (tertiary/aromatic N) is 1. The monoisotopic (exact) mass is 322 g/mol. The zero-order valence-electron chi connectivity index (χ0n) is 11.6. The molecule has 0 fully saturated rings. The van der Waals surface area contributed by atoms with Gasteiger partial charge < -0.3 is 4.90 Å². The third-order valence-electron chi connectivity index (χ3n) is 3.08.